The Bertz CT molecular complexity index is 367. The lowest BCUT2D eigenvalue weighted by Gasteiger charge is -2.33. The molecule has 0 unspecified atom stereocenters. The van der Waals surface area contributed by atoms with Crippen LogP contribution in [-0.4, -0.2) is 33.4 Å². The van der Waals surface area contributed by atoms with Crippen LogP contribution in [0.1, 0.15) is 41.5 Å². The molecule has 20 heavy (non-hydrogen) atoms. The molecule has 0 aliphatic heterocycles. The molecule has 0 N–H and O–H groups in total. The van der Waals surface area contributed by atoms with Crippen LogP contribution in [0.3, 0.4) is 0 Å². The summed E-state index contributed by atoms with van der Waals surface area (Å²) in [5.41, 5.74) is 0.639. The van der Waals surface area contributed by atoms with Gasteiger partial charge >= 0.3 is 7.60 Å². The lowest BCUT2D eigenvalue weighted by atomic mass is 10.2. The first-order valence-electron chi connectivity index (χ1n) is 7.07. The third kappa shape index (κ3) is 6.53. The predicted octanol–water partition coefficient (Wildman–Crippen LogP) is 4.65. The summed E-state index contributed by atoms with van der Waals surface area (Å²) in [5.74, 6) is 0. The Morgan fingerprint density at radius 1 is 1.15 bits per heavy atom. The van der Waals surface area contributed by atoms with E-state index >= 15 is 0 Å². The molecular formula is C13H30NO4PSi. The maximum Gasteiger partial charge on any atom is 0.336 e. The van der Waals surface area contributed by atoms with Gasteiger partial charge in [0, 0.05) is 0 Å². The normalized spacial score (nSPS) is 14.5. The Labute approximate surface area is 124 Å². The van der Waals surface area contributed by atoms with E-state index in [1.165, 1.54) is 0 Å². The van der Waals surface area contributed by atoms with Gasteiger partial charge in [-0.05, 0) is 38.9 Å². The van der Waals surface area contributed by atoms with Gasteiger partial charge in [-0.1, -0.05) is 20.8 Å². The van der Waals surface area contributed by atoms with Crippen molar-refractivity contribution in [1.82, 2.24) is 0 Å². The van der Waals surface area contributed by atoms with Crippen LogP contribution in [0, 0.1) is 0 Å². The summed E-state index contributed by atoms with van der Waals surface area (Å²) in [5, 5.41) is 4.24. The van der Waals surface area contributed by atoms with Gasteiger partial charge in [-0.2, -0.15) is 0 Å². The van der Waals surface area contributed by atoms with Crippen molar-refractivity contribution in [1.29, 1.82) is 0 Å². The van der Waals surface area contributed by atoms with Crippen molar-refractivity contribution in [3.63, 3.8) is 0 Å². The summed E-state index contributed by atoms with van der Waals surface area (Å²) < 4.78 is 28.6. The third-order valence-electron chi connectivity index (χ3n) is 3.31. The summed E-state index contributed by atoms with van der Waals surface area (Å²) in [4.78, 5) is 0. The molecule has 0 aromatic rings. The molecule has 0 heterocycles. The second kappa shape index (κ2) is 7.73. The molecule has 0 rings (SSSR count). The number of oxime groups is 1. The second-order valence-corrected chi connectivity index (χ2v) is 13.0. The monoisotopic (exact) mass is 323 g/mol. The van der Waals surface area contributed by atoms with Gasteiger partial charge in [0.1, 0.15) is 0 Å². The van der Waals surface area contributed by atoms with E-state index in [2.05, 4.69) is 39.0 Å². The van der Waals surface area contributed by atoms with Crippen LogP contribution in [-0.2, 0) is 18.1 Å². The molecule has 0 amide bonds. The molecule has 0 aromatic heterocycles. The van der Waals surface area contributed by atoms with Gasteiger partial charge in [-0.25, -0.2) is 0 Å². The largest absolute Gasteiger partial charge is 0.455 e. The van der Waals surface area contributed by atoms with Crippen LogP contribution in [0.15, 0.2) is 5.16 Å². The predicted molar refractivity (Wildman–Crippen MR) is 87.1 cm³/mol. The molecule has 7 heteroatoms. The average molecular weight is 323 g/mol. The molecule has 0 aliphatic rings. The minimum atomic E-state index is -3.09. The maximum absolute atomic E-state index is 12.4. The lowest BCUT2D eigenvalue weighted by molar-refractivity contribution is 0.223. The van der Waals surface area contributed by atoms with Crippen molar-refractivity contribution >= 4 is 21.6 Å². The van der Waals surface area contributed by atoms with Crippen LogP contribution in [0.25, 0.3) is 0 Å². The molecule has 0 spiro atoms. The zero-order chi connectivity index (χ0) is 16.0. The van der Waals surface area contributed by atoms with E-state index in [4.69, 9.17) is 13.6 Å². The molecule has 0 radical (unpaired) electrons. The molecular weight excluding hydrogens is 293 g/mol. The summed E-state index contributed by atoms with van der Waals surface area (Å²) in [6, 6.07) is 0. The van der Waals surface area contributed by atoms with E-state index in [1.807, 2.05) is 0 Å². The fraction of sp³-hybridized carbons (Fsp3) is 0.923. The van der Waals surface area contributed by atoms with Crippen LogP contribution in [0.4, 0.5) is 0 Å². The smallest absolute Gasteiger partial charge is 0.336 e. The molecule has 0 saturated heterocycles. The number of nitrogens with zero attached hydrogens (tertiary/aromatic N) is 1. The fourth-order valence-electron chi connectivity index (χ4n) is 1.16. The van der Waals surface area contributed by atoms with E-state index in [9.17, 15) is 4.57 Å². The van der Waals surface area contributed by atoms with Crippen molar-refractivity contribution in [3.8, 4) is 0 Å². The van der Waals surface area contributed by atoms with Gasteiger partial charge in [-0.3, -0.25) is 4.57 Å². The van der Waals surface area contributed by atoms with Crippen molar-refractivity contribution in [3.05, 3.63) is 0 Å². The first-order valence-corrected chi connectivity index (χ1v) is 11.7. The van der Waals surface area contributed by atoms with Crippen LogP contribution < -0.4 is 0 Å². The zero-order valence-corrected chi connectivity index (χ0v) is 16.0. The Morgan fingerprint density at radius 3 is 1.95 bits per heavy atom. The van der Waals surface area contributed by atoms with Crippen LogP contribution in [0.2, 0.25) is 18.1 Å². The van der Waals surface area contributed by atoms with Crippen molar-refractivity contribution in [2.75, 3.05) is 19.4 Å². The standard InChI is InChI=1S/C13H30NO4PSi/c1-9-16-19(15,17-10-2)11-12(3)14-18-20(7,8)13(4,5)6/h9-11H2,1-8H3/b14-12+. The highest BCUT2D eigenvalue weighted by atomic mass is 31.2. The third-order valence-corrected chi connectivity index (χ3v) is 9.62. The van der Waals surface area contributed by atoms with E-state index in [0.717, 1.165) is 0 Å². The van der Waals surface area contributed by atoms with Gasteiger partial charge < -0.3 is 13.6 Å². The van der Waals surface area contributed by atoms with Gasteiger partial charge in [0.25, 0.3) is 8.32 Å². The molecule has 0 fully saturated rings. The number of rotatable bonds is 8. The minimum absolute atomic E-state index is 0.0836. The number of hydrogen-bond acceptors (Lipinski definition) is 5. The average Bonchev–Trinajstić information content (AvgIpc) is 2.25. The first-order chi connectivity index (χ1) is 8.97. The summed E-state index contributed by atoms with van der Waals surface area (Å²) in [7, 11) is -5.03. The van der Waals surface area contributed by atoms with Crippen molar-refractivity contribution in [2.24, 2.45) is 5.16 Å². The van der Waals surface area contributed by atoms with E-state index < -0.39 is 15.9 Å². The van der Waals surface area contributed by atoms with Crippen molar-refractivity contribution in [2.45, 2.75) is 59.7 Å². The highest BCUT2D eigenvalue weighted by Gasteiger charge is 2.40. The summed E-state index contributed by atoms with van der Waals surface area (Å²) in [6.07, 6.45) is 0.170. The van der Waals surface area contributed by atoms with Gasteiger partial charge in [0.15, 0.2) is 0 Å². The highest BCUT2D eigenvalue weighted by Crippen LogP contribution is 2.48. The molecule has 0 bridgehead atoms. The molecule has 120 valence electrons. The minimum Gasteiger partial charge on any atom is -0.455 e. The van der Waals surface area contributed by atoms with Crippen LogP contribution >= 0.6 is 7.60 Å². The molecule has 5 nitrogen and oxygen atoms in total. The summed E-state index contributed by atoms with van der Waals surface area (Å²) >= 11 is 0. The maximum atomic E-state index is 12.4. The Balaban J connectivity index is 4.78. The highest BCUT2D eigenvalue weighted by molar-refractivity contribution is 7.54. The zero-order valence-electron chi connectivity index (χ0n) is 14.1. The van der Waals surface area contributed by atoms with E-state index in [0.29, 0.717) is 18.9 Å². The Kier molecular flexibility index (Phi) is 7.67. The molecule has 0 atom stereocenters. The molecule has 0 aliphatic carbocycles. The Morgan fingerprint density at radius 2 is 1.60 bits per heavy atom. The van der Waals surface area contributed by atoms with E-state index in [-0.39, 0.29) is 11.2 Å². The lowest BCUT2D eigenvalue weighted by Crippen LogP contribution is -2.39. The second-order valence-electron chi connectivity index (χ2n) is 6.28. The molecule has 0 saturated carbocycles. The summed E-state index contributed by atoms with van der Waals surface area (Å²) in [6.45, 7) is 16.8. The first kappa shape index (κ1) is 19.8. The van der Waals surface area contributed by atoms with Gasteiger partial charge in [0.2, 0.25) is 0 Å². The van der Waals surface area contributed by atoms with Gasteiger partial charge in [0.05, 0.1) is 25.1 Å². The van der Waals surface area contributed by atoms with Crippen molar-refractivity contribution < 1.29 is 18.1 Å². The van der Waals surface area contributed by atoms with Crippen LogP contribution in [0.5, 0.6) is 0 Å². The fourth-order valence-corrected chi connectivity index (χ4v) is 3.48. The Hall–Kier alpha value is -0.163. The van der Waals surface area contributed by atoms with E-state index in [1.54, 1.807) is 20.8 Å². The quantitative estimate of drug-likeness (QED) is 0.282. The number of hydrogen-bond donors (Lipinski definition) is 0. The topological polar surface area (TPSA) is 57.1 Å². The van der Waals surface area contributed by atoms with Gasteiger partial charge in [-0.15, -0.1) is 5.16 Å². The molecule has 0 aromatic carbocycles. The SMILES string of the molecule is CCOP(=O)(C/C(C)=N/O[Si](C)(C)C(C)(C)C)OCC.